The number of carbonyl (C=O) groups is 2. The number of halogens is 1. The first-order valence-corrected chi connectivity index (χ1v) is 8.61. The highest BCUT2D eigenvalue weighted by Gasteiger charge is 2.57. The highest BCUT2D eigenvalue weighted by atomic mass is 35.5. The van der Waals surface area contributed by atoms with E-state index in [-0.39, 0.29) is 23.8 Å². The molecule has 1 aromatic carbocycles. The molecule has 2 saturated heterocycles. The average Bonchev–Trinajstić information content (AvgIpc) is 2.54. The first-order valence-electron chi connectivity index (χ1n) is 8.23. The third-order valence-corrected chi connectivity index (χ3v) is 5.44. The molecule has 1 N–H and O–H groups in total. The molecule has 24 heavy (non-hydrogen) atoms. The van der Waals surface area contributed by atoms with E-state index >= 15 is 0 Å². The van der Waals surface area contributed by atoms with Gasteiger partial charge < -0.3 is 19.7 Å². The Morgan fingerprint density at radius 1 is 1.54 bits per heavy atom. The van der Waals surface area contributed by atoms with Crippen LogP contribution in [-0.4, -0.2) is 42.3 Å². The molecule has 3 aliphatic rings. The van der Waals surface area contributed by atoms with Gasteiger partial charge in [-0.3, -0.25) is 4.79 Å². The smallest absolute Gasteiger partial charge is 0.409 e. The summed E-state index contributed by atoms with van der Waals surface area (Å²) in [5, 5.41) is 3.66. The van der Waals surface area contributed by atoms with E-state index in [0.717, 1.165) is 11.3 Å². The van der Waals surface area contributed by atoms with E-state index in [0.29, 0.717) is 37.6 Å². The summed E-state index contributed by atoms with van der Waals surface area (Å²) in [6.07, 6.45) is 0.606. The molecule has 3 atom stereocenters. The number of amides is 2. The van der Waals surface area contributed by atoms with Crippen LogP contribution < -0.4 is 10.1 Å². The molecule has 2 amide bonds. The number of piperidine rings is 2. The van der Waals surface area contributed by atoms with Gasteiger partial charge in [-0.1, -0.05) is 11.6 Å². The van der Waals surface area contributed by atoms with Crippen LogP contribution in [0, 0.1) is 5.92 Å². The minimum Gasteiger partial charge on any atom is -0.467 e. The van der Waals surface area contributed by atoms with Crippen LogP contribution in [0.15, 0.2) is 18.2 Å². The number of rotatable bonds is 1. The fraction of sp³-hybridized carbons (Fsp3) is 0.529. The summed E-state index contributed by atoms with van der Waals surface area (Å²) in [7, 11) is 0. The third-order valence-electron chi connectivity index (χ3n) is 5.20. The first-order chi connectivity index (χ1) is 11.5. The Bertz CT molecular complexity index is 710. The van der Waals surface area contributed by atoms with Crippen LogP contribution in [0.4, 0.5) is 4.79 Å². The van der Waals surface area contributed by atoms with Gasteiger partial charge in [0.15, 0.2) is 5.72 Å². The Morgan fingerprint density at radius 3 is 3.17 bits per heavy atom. The van der Waals surface area contributed by atoms with Gasteiger partial charge in [-0.25, -0.2) is 4.79 Å². The maximum atomic E-state index is 12.2. The zero-order valence-electron chi connectivity index (χ0n) is 13.4. The fourth-order valence-corrected chi connectivity index (χ4v) is 4.34. The number of fused-ring (bicyclic) bond motifs is 2. The summed E-state index contributed by atoms with van der Waals surface area (Å²) in [5.74, 6) is 0.717. The lowest BCUT2D eigenvalue weighted by atomic mass is 9.69. The number of carbonyl (C=O) groups excluding carboxylic acids is 2. The molecule has 2 bridgehead atoms. The molecule has 2 fully saturated rings. The molecule has 7 heteroatoms. The van der Waals surface area contributed by atoms with Gasteiger partial charge in [-0.15, -0.1) is 0 Å². The molecule has 4 rings (SSSR count). The lowest BCUT2D eigenvalue weighted by Gasteiger charge is -2.55. The van der Waals surface area contributed by atoms with Gasteiger partial charge >= 0.3 is 6.09 Å². The Labute approximate surface area is 145 Å². The molecule has 3 unspecified atom stereocenters. The van der Waals surface area contributed by atoms with Crippen molar-refractivity contribution < 1.29 is 19.1 Å². The Kier molecular flexibility index (Phi) is 3.60. The molecular weight excluding hydrogens is 332 g/mol. The van der Waals surface area contributed by atoms with E-state index in [1.54, 1.807) is 17.9 Å². The largest absolute Gasteiger partial charge is 0.467 e. The van der Waals surface area contributed by atoms with Crippen molar-refractivity contribution in [3.63, 3.8) is 0 Å². The molecule has 6 nitrogen and oxygen atoms in total. The van der Waals surface area contributed by atoms with Crippen LogP contribution >= 0.6 is 11.6 Å². The molecular formula is C17H19ClN2O4. The van der Waals surface area contributed by atoms with Crippen LogP contribution in [0.3, 0.4) is 0 Å². The lowest BCUT2D eigenvalue weighted by Crippen LogP contribution is -2.70. The summed E-state index contributed by atoms with van der Waals surface area (Å²) in [5.41, 5.74) is 0.202. The van der Waals surface area contributed by atoms with Gasteiger partial charge in [-0.2, -0.15) is 0 Å². The minimum atomic E-state index is -0.746. The van der Waals surface area contributed by atoms with Gasteiger partial charge in [0.05, 0.1) is 6.61 Å². The normalized spacial score (nSPS) is 30.6. The van der Waals surface area contributed by atoms with Crippen LogP contribution in [0.5, 0.6) is 5.75 Å². The maximum Gasteiger partial charge on any atom is 0.409 e. The van der Waals surface area contributed by atoms with E-state index in [1.165, 1.54) is 0 Å². The maximum absolute atomic E-state index is 12.2. The Morgan fingerprint density at radius 2 is 2.38 bits per heavy atom. The molecule has 0 aromatic heterocycles. The number of hydrogen-bond donors (Lipinski definition) is 1. The molecule has 3 aliphatic heterocycles. The van der Waals surface area contributed by atoms with Gasteiger partial charge in [0, 0.05) is 42.8 Å². The summed E-state index contributed by atoms with van der Waals surface area (Å²) in [4.78, 5) is 26.0. The molecule has 1 aromatic rings. The molecule has 0 radical (unpaired) electrons. The molecule has 0 aliphatic carbocycles. The lowest BCUT2D eigenvalue weighted by molar-refractivity contribution is -0.151. The number of benzene rings is 1. The highest BCUT2D eigenvalue weighted by molar-refractivity contribution is 6.30. The predicted molar refractivity (Wildman–Crippen MR) is 87.0 cm³/mol. The predicted octanol–water partition coefficient (Wildman–Crippen LogP) is 2.51. The number of nitrogens with zero attached hydrogens (tertiary/aromatic N) is 1. The number of ether oxygens (including phenoxy) is 2. The van der Waals surface area contributed by atoms with Crippen molar-refractivity contribution in [3.8, 4) is 5.75 Å². The Hall–Kier alpha value is -1.95. The minimum absolute atomic E-state index is 0.0145. The topological polar surface area (TPSA) is 67.9 Å². The monoisotopic (exact) mass is 350 g/mol. The van der Waals surface area contributed by atoms with Gasteiger partial charge in [-0.05, 0) is 30.7 Å². The van der Waals surface area contributed by atoms with Crippen LogP contribution in [-0.2, 0) is 9.53 Å². The van der Waals surface area contributed by atoms with Gasteiger partial charge in [0.25, 0.3) is 0 Å². The van der Waals surface area contributed by atoms with Gasteiger partial charge in [0.2, 0.25) is 5.91 Å². The number of hydrogen-bond acceptors (Lipinski definition) is 4. The summed E-state index contributed by atoms with van der Waals surface area (Å²) in [6.45, 7) is 3.13. The van der Waals surface area contributed by atoms with Crippen molar-refractivity contribution in [1.82, 2.24) is 10.2 Å². The highest BCUT2D eigenvalue weighted by Crippen LogP contribution is 2.51. The van der Waals surface area contributed by atoms with E-state index in [9.17, 15) is 9.59 Å². The second-order valence-corrected chi connectivity index (χ2v) is 6.97. The molecule has 128 valence electrons. The standard InChI is InChI=1S/C17H19ClN2O4/c1-2-23-16(22)20-6-5-17-13(9-20)11(8-15(21)19-17)12-7-10(18)3-4-14(12)24-17/h3-4,7,11,13H,2,5-6,8-9H2,1H3,(H,19,21). The molecule has 0 spiro atoms. The van der Waals surface area contributed by atoms with E-state index in [1.807, 2.05) is 12.1 Å². The number of likely N-dealkylation sites (tertiary alicyclic amines) is 1. The fourth-order valence-electron chi connectivity index (χ4n) is 4.16. The van der Waals surface area contributed by atoms with Crippen molar-refractivity contribution in [3.05, 3.63) is 28.8 Å². The van der Waals surface area contributed by atoms with Gasteiger partial charge in [0.1, 0.15) is 5.75 Å². The van der Waals surface area contributed by atoms with E-state index < -0.39 is 5.72 Å². The van der Waals surface area contributed by atoms with Crippen molar-refractivity contribution in [2.24, 2.45) is 5.92 Å². The van der Waals surface area contributed by atoms with Crippen molar-refractivity contribution in [2.45, 2.75) is 31.4 Å². The second kappa shape index (κ2) is 5.55. The van der Waals surface area contributed by atoms with Crippen LogP contribution in [0.25, 0.3) is 0 Å². The molecule has 3 heterocycles. The van der Waals surface area contributed by atoms with Crippen molar-refractivity contribution in [2.75, 3.05) is 19.7 Å². The van der Waals surface area contributed by atoms with Crippen LogP contribution in [0.1, 0.15) is 31.2 Å². The average molecular weight is 351 g/mol. The first kappa shape index (κ1) is 15.6. The van der Waals surface area contributed by atoms with Crippen molar-refractivity contribution in [1.29, 1.82) is 0 Å². The number of nitrogens with one attached hydrogen (secondary N) is 1. The SMILES string of the molecule is CCOC(=O)N1CCC23NC(=O)CC(c4cc(Cl)ccc4O2)C3C1. The van der Waals surface area contributed by atoms with E-state index in [4.69, 9.17) is 21.1 Å². The summed E-state index contributed by atoms with van der Waals surface area (Å²) < 4.78 is 11.4. The summed E-state index contributed by atoms with van der Waals surface area (Å²) >= 11 is 6.14. The zero-order valence-corrected chi connectivity index (χ0v) is 14.1. The third kappa shape index (κ3) is 2.32. The van der Waals surface area contributed by atoms with Crippen LogP contribution in [0.2, 0.25) is 5.02 Å². The van der Waals surface area contributed by atoms with E-state index in [2.05, 4.69) is 5.32 Å². The Balaban J connectivity index is 1.71. The van der Waals surface area contributed by atoms with Crippen molar-refractivity contribution >= 4 is 23.6 Å². The molecule has 0 saturated carbocycles. The summed E-state index contributed by atoms with van der Waals surface area (Å²) in [6, 6.07) is 5.52. The second-order valence-electron chi connectivity index (χ2n) is 6.53. The zero-order chi connectivity index (χ0) is 16.9. The quantitative estimate of drug-likeness (QED) is 0.845.